The van der Waals surface area contributed by atoms with Gasteiger partial charge in [-0.1, -0.05) is 12.8 Å². The van der Waals surface area contributed by atoms with E-state index in [1.54, 1.807) is 0 Å². The smallest absolute Gasteiger partial charge is 0.344 e. The number of carbonyl (C=O) groups is 2. The zero-order chi connectivity index (χ0) is 21.5. The molecule has 0 amide bonds. The lowest BCUT2D eigenvalue weighted by Crippen LogP contribution is -2.56. The third kappa shape index (κ3) is 4.60. The first-order chi connectivity index (χ1) is 14.6. The van der Waals surface area contributed by atoms with Crippen LogP contribution in [0.4, 0.5) is 0 Å². The lowest BCUT2D eigenvalue weighted by atomic mass is 9.99. The van der Waals surface area contributed by atoms with Crippen LogP contribution < -0.4 is 0 Å². The number of hydrazine groups is 2. The Hall–Kier alpha value is -2.57. The number of methoxy groups -OCH3 is 2. The van der Waals surface area contributed by atoms with E-state index >= 15 is 0 Å². The first-order valence-corrected chi connectivity index (χ1v) is 10.6. The third-order valence-electron chi connectivity index (χ3n) is 5.65. The van der Waals surface area contributed by atoms with E-state index in [1.807, 2.05) is 11.2 Å². The molecule has 0 unspecified atom stereocenters. The Balaban J connectivity index is 2.18. The molecule has 0 aromatic rings. The molecule has 164 valence electrons. The number of hydrogen-bond donors (Lipinski definition) is 0. The van der Waals surface area contributed by atoms with E-state index in [4.69, 9.17) is 14.2 Å². The van der Waals surface area contributed by atoms with E-state index in [0.717, 1.165) is 64.7 Å². The topological polar surface area (TPSA) is 95.3 Å². The highest BCUT2D eigenvalue weighted by molar-refractivity contribution is 6.08. The molecular weight excluding hydrogens is 388 g/mol. The highest BCUT2D eigenvalue weighted by Gasteiger charge is 2.39. The molecule has 0 aliphatic carbocycles. The SMILES string of the molecule is COC(=O)C1=C(C#N)CCOC(N(N2CCCCC2)N2CCCCC2)=C1C(=O)OC. The Morgan fingerprint density at radius 2 is 1.40 bits per heavy atom. The zero-order valence-electron chi connectivity index (χ0n) is 17.8. The second kappa shape index (κ2) is 10.5. The van der Waals surface area contributed by atoms with Crippen molar-refractivity contribution in [3.63, 3.8) is 0 Å². The monoisotopic (exact) mass is 418 g/mol. The normalized spacial score (nSPS) is 21.4. The second-order valence-electron chi connectivity index (χ2n) is 7.55. The van der Waals surface area contributed by atoms with Crippen LogP contribution in [0.25, 0.3) is 0 Å². The van der Waals surface area contributed by atoms with Crippen molar-refractivity contribution in [3.05, 3.63) is 22.6 Å². The molecule has 9 heteroatoms. The average molecular weight is 418 g/mol. The van der Waals surface area contributed by atoms with Gasteiger partial charge in [0.15, 0.2) is 0 Å². The summed E-state index contributed by atoms with van der Waals surface area (Å²) in [6.45, 7) is 3.46. The van der Waals surface area contributed by atoms with Crippen LogP contribution in [0.15, 0.2) is 22.6 Å². The molecule has 3 aliphatic rings. The predicted octanol–water partition coefficient (Wildman–Crippen LogP) is 1.89. The summed E-state index contributed by atoms with van der Waals surface area (Å²) in [5.74, 6) is -1.22. The summed E-state index contributed by atoms with van der Waals surface area (Å²) >= 11 is 0. The molecule has 2 fully saturated rings. The van der Waals surface area contributed by atoms with Gasteiger partial charge in [-0.05, 0) is 25.7 Å². The number of rotatable bonds is 5. The molecule has 0 spiro atoms. The van der Waals surface area contributed by atoms with Crippen molar-refractivity contribution in [3.8, 4) is 6.07 Å². The van der Waals surface area contributed by atoms with E-state index in [1.165, 1.54) is 14.2 Å². The fourth-order valence-corrected chi connectivity index (χ4v) is 4.16. The summed E-state index contributed by atoms with van der Waals surface area (Å²) in [6, 6.07) is 2.05. The van der Waals surface area contributed by atoms with Crippen LogP contribution in [0.2, 0.25) is 0 Å². The summed E-state index contributed by atoms with van der Waals surface area (Å²) in [4.78, 5) is 25.6. The number of carbonyl (C=O) groups excluding carboxylic acids is 2. The Morgan fingerprint density at radius 1 is 0.900 bits per heavy atom. The minimum absolute atomic E-state index is 0.0467. The number of hydrogen-bond acceptors (Lipinski definition) is 9. The van der Waals surface area contributed by atoms with Crippen LogP contribution in [0, 0.1) is 11.3 Å². The number of esters is 2. The minimum atomic E-state index is -0.743. The molecule has 0 aromatic carbocycles. The van der Waals surface area contributed by atoms with Crippen LogP contribution in [-0.2, 0) is 23.8 Å². The maximum absolute atomic E-state index is 12.9. The quantitative estimate of drug-likeness (QED) is 0.620. The van der Waals surface area contributed by atoms with Crippen LogP contribution in [0.5, 0.6) is 0 Å². The first-order valence-electron chi connectivity index (χ1n) is 10.6. The third-order valence-corrected chi connectivity index (χ3v) is 5.65. The molecule has 2 saturated heterocycles. The molecule has 0 aromatic heterocycles. The molecule has 0 atom stereocenters. The number of ether oxygens (including phenoxy) is 3. The molecule has 3 rings (SSSR count). The number of nitriles is 1. The average Bonchev–Trinajstić information content (AvgIpc) is 2.99. The molecular formula is C21H30N4O5. The molecule has 0 saturated carbocycles. The highest BCUT2D eigenvalue weighted by atomic mass is 16.5. The van der Waals surface area contributed by atoms with Gasteiger partial charge in [-0.3, -0.25) is 0 Å². The maximum atomic E-state index is 12.9. The van der Waals surface area contributed by atoms with Crippen LogP contribution in [-0.4, -0.2) is 74.1 Å². The summed E-state index contributed by atoms with van der Waals surface area (Å²) in [5, 5.41) is 15.9. The molecule has 0 radical (unpaired) electrons. The Bertz CT molecular complexity index is 740. The largest absolute Gasteiger partial charge is 0.476 e. The van der Waals surface area contributed by atoms with Gasteiger partial charge in [0.25, 0.3) is 0 Å². The summed E-state index contributed by atoms with van der Waals surface area (Å²) < 4.78 is 16.0. The first kappa shape index (κ1) is 22.1. The van der Waals surface area contributed by atoms with Gasteiger partial charge < -0.3 is 14.2 Å². The van der Waals surface area contributed by atoms with Crippen molar-refractivity contribution in [1.29, 1.82) is 5.26 Å². The molecule has 3 aliphatic heterocycles. The van der Waals surface area contributed by atoms with Gasteiger partial charge in [0.1, 0.15) is 5.57 Å². The van der Waals surface area contributed by atoms with E-state index < -0.39 is 11.9 Å². The molecule has 30 heavy (non-hydrogen) atoms. The van der Waals surface area contributed by atoms with Gasteiger partial charge in [0.2, 0.25) is 5.88 Å². The summed E-state index contributed by atoms with van der Waals surface area (Å²) in [6.07, 6.45) is 6.66. The van der Waals surface area contributed by atoms with Crippen molar-refractivity contribution in [1.82, 2.24) is 15.1 Å². The maximum Gasteiger partial charge on any atom is 0.344 e. The lowest BCUT2D eigenvalue weighted by molar-refractivity contribution is -0.203. The van der Waals surface area contributed by atoms with Gasteiger partial charge in [-0.2, -0.15) is 5.26 Å². The molecule has 3 heterocycles. The van der Waals surface area contributed by atoms with Crippen LogP contribution in [0.1, 0.15) is 44.9 Å². The Kier molecular flexibility index (Phi) is 7.71. The highest BCUT2D eigenvalue weighted by Crippen LogP contribution is 2.32. The molecule has 9 nitrogen and oxygen atoms in total. The summed E-state index contributed by atoms with van der Waals surface area (Å²) in [5.41, 5.74) is 0.0439. The van der Waals surface area contributed by atoms with Crippen molar-refractivity contribution in [2.45, 2.75) is 44.9 Å². The van der Waals surface area contributed by atoms with E-state index in [-0.39, 0.29) is 35.6 Å². The van der Waals surface area contributed by atoms with Gasteiger partial charge in [0.05, 0.1) is 32.5 Å². The van der Waals surface area contributed by atoms with E-state index in [2.05, 4.69) is 10.0 Å². The molecule has 0 N–H and O–H groups in total. The van der Waals surface area contributed by atoms with Gasteiger partial charge >= 0.3 is 11.9 Å². The fourth-order valence-electron chi connectivity index (χ4n) is 4.16. The van der Waals surface area contributed by atoms with Gasteiger partial charge in [0, 0.05) is 38.2 Å². The Labute approximate surface area is 177 Å². The standard InChI is InChI=1S/C21H30N4O5/c1-28-20(26)17-16(15-22)9-14-30-19(18(17)21(27)29-2)25(23-10-5-3-6-11-23)24-12-7-4-8-13-24/h3-14H2,1-2H3. The van der Waals surface area contributed by atoms with Crippen molar-refractivity contribution in [2.75, 3.05) is 47.0 Å². The van der Waals surface area contributed by atoms with Crippen molar-refractivity contribution >= 4 is 11.9 Å². The van der Waals surface area contributed by atoms with Crippen LogP contribution in [0.3, 0.4) is 0 Å². The van der Waals surface area contributed by atoms with Crippen molar-refractivity contribution < 1.29 is 23.8 Å². The predicted molar refractivity (Wildman–Crippen MR) is 107 cm³/mol. The number of nitrogens with zero attached hydrogens (tertiary/aromatic N) is 4. The minimum Gasteiger partial charge on any atom is -0.476 e. The lowest BCUT2D eigenvalue weighted by Gasteiger charge is -2.46. The zero-order valence-corrected chi connectivity index (χ0v) is 17.8. The van der Waals surface area contributed by atoms with Crippen molar-refractivity contribution in [2.24, 2.45) is 0 Å². The fraction of sp³-hybridized carbons (Fsp3) is 0.667. The van der Waals surface area contributed by atoms with E-state index in [0.29, 0.717) is 0 Å². The second-order valence-corrected chi connectivity index (χ2v) is 7.55. The van der Waals surface area contributed by atoms with Crippen LogP contribution >= 0.6 is 0 Å². The van der Waals surface area contributed by atoms with E-state index in [9.17, 15) is 14.9 Å². The molecule has 0 bridgehead atoms. The van der Waals surface area contributed by atoms with Gasteiger partial charge in [-0.15, -0.1) is 0 Å². The summed E-state index contributed by atoms with van der Waals surface area (Å²) in [7, 11) is 2.49. The van der Waals surface area contributed by atoms with Gasteiger partial charge in [-0.25, -0.2) is 24.7 Å². The Morgan fingerprint density at radius 3 is 1.87 bits per heavy atom. The number of piperidine rings is 2.